The number of nitro benzene ring substituents is 1. The number of para-hydroxylation sites is 2. The van der Waals surface area contributed by atoms with Gasteiger partial charge in [0.05, 0.1) is 23.5 Å². The van der Waals surface area contributed by atoms with Crippen molar-refractivity contribution < 1.29 is 24.0 Å². The number of nitro groups is 1. The van der Waals surface area contributed by atoms with Gasteiger partial charge in [-0.3, -0.25) is 19.7 Å². The number of methoxy groups -OCH3 is 1. The number of hydrogen-bond acceptors (Lipinski definition) is 6. The summed E-state index contributed by atoms with van der Waals surface area (Å²) >= 11 is 0. The average Bonchev–Trinajstić information content (AvgIpc) is 2.53. The summed E-state index contributed by atoms with van der Waals surface area (Å²) in [5.74, 6) is -2.96. The van der Waals surface area contributed by atoms with Crippen LogP contribution in [0.3, 0.4) is 0 Å². The molecule has 9 heteroatoms. The van der Waals surface area contributed by atoms with Crippen LogP contribution in [0.15, 0.2) is 35.5 Å². The van der Waals surface area contributed by atoms with Crippen LogP contribution in [0, 0.1) is 16.0 Å². The highest BCUT2D eigenvalue weighted by Gasteiger charge is 2.36. The molecule has 0 fully saturated rings. The number of esters is 1. The van der Waals surface area contributed by atoms with E-state index in [0.29, 0.717) is 0 Å². The summed E-state index contributed by atoms with van der Waals surface area (Å²) in [5.41, 5.74) is -0.0548. The third-order valence-corrected chi connectivity index (χ3v) is 3.55. The Kier molecular flexibility index (Phi) is 4.93. The molecule has 0 aliphatic carbocycles. The fourth-order valence-corrected chi connectivity index (χ4v) is 2.46. The fraction of sp³-hybridized carbons (Fsp3) is 0.267. The van der Waals surface area contributed by atoms with Crippen LogP contribution in [0.1, 0.15) is 13.3 Å². The van der Waals surface area contributed by atoms with Gasteiger partial charge in [-0.1, -0.05) is 12.1 Å². The summed E-state index contributed by atoms with van der Waals surface area (Å²) in [6, 6.07) is 5.60. The van der Waals surface area contributed by atoms with E-state index in [2.05, 4.69) is 15.4 Å². The molecule has 1 aromatic carbocycles. The normalized spacial score (nSPS) is 17.1. The molecule has 1 aromatic rings. The van der Waals surface area contributed by atoms with E-state index >= 15 is 0 Å². The van der Waals surface area contributed by atoms with Gasteiger partial charge in [0.2, 0.25) is 11.8 Å². The molecule has 1 atom stereocenters. The van der Waals surface area contributed by atoms with Gasteiger partial charge in [0.15, 0.2) is 0 Å². The fourth-order valence-electron chi connectivity index (χ4n) is 2.46. The first-order valence-electron chi connectivity index (χ1n) is 6.98. The summed E-state index contributed by atoms with van der Waals surface area (Å²) in [6.45, 7) is 1.48. The van der Waals surface area contributed by atoms with Crippen molar-refractivity contribution in [2.24, 2.45) is 5.92 Å². The molecular formula is C15H15N3O6. The number of carbonyl (C=O) groups is 3. The largest absolute Gasteiger partial charge is 0.466 e. The summed E-state index contributed by atoms with van der Waals surface area (Å²) in [4.78, 5) is 46.5. The minimum Gasteiger partial charge on any atom is -0.466 e. The summed E-state index contributed by atoms with van der Waals surface area (Å²) in [6.07, 6.45) is -0.256. The standard InChI is InChI=1S/C15H15N3O6/c1-8-13(15(21)24-2)9(7-12(19)16-8)14(20)17-10-5-3-4-6-11(10)18(22)23/h3-6,9H,7H2,1-2H3,(H,16,19)(H,17,20)/t9-/m1/s1. The van der Waals surface area contributed by atoms with Crippen molar-refractivity contribution in [1.82, 2.24) is 5.32 Å². The van der Waals surface area contributed by atoms with Crippen LogP contribution in [0.25, 0.3) is 0 Å². The summed E-state index contributed by atoms with van der Waals surface area (Å²) in [7, 11) is 1.16. The molecule has 2 amide bonds. The van der Waals surface area contributed by atoms with Gasteiger partial charge in [-0.05, 0) is 13.0 Å². The van der Waals surface area contributed by atoms with E-state index in [1.165, 1.54) is 31.2 Å². The Bertz CT molecular complexity index is 755. The molecule has 0 aromatic heterocycles. The van der Waals surface area contributed by atoms with Crippen LogP contribution in [0.2, 0.25) is 0 Å². The van der Waals surface area contributed by atoms with Gasteiger partial charge in [-0.15, -0.1) is 0 Å². The lowest BCUT2D eigenvalue weighted by atomic mass is 9.89. The van der Waals surface area contributed by atoms with Crippen LogP contribution >= 0.6 is 0 Å². The van der Waals surface area contributed by atoms with Gasteiger partial charge in [0.1, 0.15) is 5.69 Å². The molecule has 24 heavy (non-hydrogen) atoms. The van der Waals surface area contributed by atoms with Gasteiger partial charge in [-0.2, -0.15) is 0 Å². The van der Waals surface area contributed by atoms with E-state index in [9.17, 15) is 24.5 Å². The second-order valence-electron chi connectivity index (χ2n) is 5.10. The molecule has 1 heterocycles. The number of amides is 2. The Balaban J connectivity index is 2.34. The molecule has 0 bridgehead atoms. The number of rotatable bonds is 4. The molecule has 0 radical (unpaired) electrons. The first-order chi connectivity index (χ1) is 11.3. The number of allylic oxidation sites excluding steroid dienone is 1. The number of nitrogens with one attached hydrogen (secondary N) is 2. The van der Waals surface area contributed by atoms with E-state index in [-0.39, 0.29) is 29.1 Å². The van der Waals surface area contributed by atoms with Crippen LogP contribution in [-0.2, 0) is 19.1 Å². The highest BCUT2D eigenvalue weighted by molar-refractivity contribution is 6.06. The van der Waals surface area contributed by atoms with Gasteiger partial charge >= 0.3 is 5.97 Å². The van der Waals surface area contributed by atoms with Gasteiger partial charge in [0.25, 0.3) is 5.69 Å². The number of nitrogens with zero attached hydrogens (tertiary/aromatic N) is 1. The molecule has 1 aliphatic heterocycles. The van der Waals surface area contributed by atoms with Crippen molar-refractivity contribution in [2.45, 2.75) is 13.3 Å². The molecule has 1 aliphatic rings. The second-order valence-corrected chi connectivity index (χ2v) is 5.10. The number of carbonyl (C=O) groups excluding carboxylic acids is 3. The number of hydrogen-bond donors (Lipinski definition) is 2. The SMILES string of the molecule is COC(=O)C1=C(C)NC(=O)C[C@H]1C(=O)Nc1ccccc1[N+](=O)[O-]. The number of anilines is 1. The molecule has 2 N–H and O–H groups in total. The zero-order valence-corrected chi connectivity index (χ0v) is 13.0. The summed E-state index contributed by atoms with van der Waals surface area (Å²) < 4.78 is 4.65. The van der Waals surface area contributed by atoms with E-state index in [1.54, 1.807) is 0 Å². The first-order valence-corrected chi connectivity index (χ1v) is 6.98. The maximum atomic E-state index is 12.5. The van der Waals surface area contributed by atoms with Crippen LogP contribution in [0.4, 0.5) is 11.4 Å². The third-order valence-electron chi connectivity index (χ3n) is 3.55. The Hall–Kier alpha value is -3.23. The van der Waals surface area contributed by atoms with Crippen LogP contribution in [-0.4, -0.2) is 29.8 Å². The monoisotopic (exact) mass is 333 g/mol. The average molecular weight is 333 g/mol. The van der Waals surface area contributed by atoms with Gasteiger partial charge in [-0.25, -0.2) is 4.79 Å². The maximum Gasteiger partial charge on any atom is 0.336 e. The quantitative estimate of drug-likeness (QED) is 0.483. The van der Waals surface area contributed by atoms with E-state index in [1.807, 2.05) is 0 Å². The van der Waals surface area contributed by atoms with Crippen molar-refractivity contribution in [2.75, 3.05) is 12.4 Å². The van der Waals surface area contributed by atoms with Crippen LogP contribution < -0.4 is 10.6 Å². The highest BCUT2D eigenvalue weighted by Crippen LogP contribution is 2.28. The Labute approximate surface area is 136 Å². The van der Waals surface area contributed by atoms with Gasteiger partial charge in [0, 0.05) is 18.2 Å². The predicted molar refractivity (Wildman–Crippen MR) is 82.7 cm³/mol. The first kappa shape index (κ1) is 17.1. The lowest BCUT2D eigenvalue weighted by molar-refractivity contribution is -0.383. The number of ether oxygens (including phenoxy) is 1. The minimum atomic E-state index is -1.09. The second kappa shape index (κ2) is 6.90. The smallest absolute Gasteiger partial charge is 0.336 e. The van der Waals surface area contributed by atoms with E-state index in [4.69, 9.17) is 0 Å². The Morgan fingerprint density at radius 3 is 2.67 bits per heavy atom. The van der Waals surface area contributed by atoms with Crippen LogP contribution in [0.5, 0.6) is 0 Å². The minimum absolute atomic E-state index is 0.0136. The zero-order chi connectivity index (χ0) is 17.9. The predicted octanol–water partition coefficient (Wildman–Crippen LogP) is 1.12. The molecular weight excluding hydrogens is 318 g/mol. The number of benzene rings is 1. The Morgan fingerprint density at radius 2 is 2.04 bits per heavy atom. The van der Waals surface area contributed by atoms with Crippen molar-refractivity contribution in [3.8, 4) is 0 Å². The van der Waals surface area contributed by atoms with Gasteiger partial charge < -0.3 is 15.4 Å². The molecule has 0 saturated heterocycles. The van der Waals surface area contributed by atoms with E-state index < -0.39 is 28.6 Å². The molecule has 126 valence electrons. The summed E-state index contributed by atoms with van der Waals surface area (Å²) in [5, 5.41) is 15.9. The Morgan fingerprint density at radius 1 is 1.38 bits per heavy atom. The van der Waals surface area contributed by atoms with Crippen molar-refractivity contribution in [3.63, 3.8) is 0 Å². The lowest BCUT2D eigenvalue weighted by Gasteiger charge is -2.25. The molecule has 2 rings (SSSR count). The molecule has 9 nitrogen and oxygen atoms in total. The molecule has 0 saturated carbocycles. The van der Waals surface area contributed by atoms with Crippen molar-refractivity contribution >= 4 is 29.2 Å². The maximum absolute atomic E-state index is 12.5. The van der Waals surface area contributed by atoms with E-state index in [0.717, 1.165) is 7.11 Å². The zero-order valence-electron chi connectivity index (χ0n) is 13.0. The molecule has 0 spiro atoms. The highest BCUT2D eigenvalue weighted by atomic mass is 16.6. The third kappa shape index (κ3) is 3.40. The van der Waals surface area contributed by atoms with Crippen molar-refractivity contribution in [1.29, 1.82) is 0 Å². The topological polar surface area (TPSA) is 128 Å². The lowest BCUT2D eigenvalue weighted by Crippen LogP contribution is -2.40. The molecule has 0 unspecified atom stereocenters. The van der Waals surface area contributed by atoms with Crippen molar-refractivity contribution in [3.05, 3.63) is 45.6 Å².